The van der Waals surface area contributed by atoms with Crippen molar-refractivity contribution in [1.82, 2.24) is 26.6 Å². The van der Waals surface area contributed by atoms with Crippen LogP contribution in [0.1, 0.15) is 158 Å². The molecule has 0 unspecified atom stereocenters. The number of aliphatic hydroxyl groups excluding tert-OH is 1. The third-order valence-electron chi connectivity index (χ3n) is 18.4. The van der Waals surface area contributed by atoms with Crippen molar-refractivity contribution in [1.29, 1.82) is 0 Å². The van der Waals surface area contributed by atoms with E-state index in [0.717, 1.165) is 65.5 Å². The number of hydrogen-bond donors (Lipinski definition) is 7. The van der Waals surface area contributed by atoms with Crippen LogP contribution in [0.4, 0.5) is 0 Å². The first-order valence-electron chi connectivity index (χ1n) is 31.9. The third kappa shape index (κ3) is 18.5. The van der Waals surface area contributed by atoms with Crippen LogP contribution >= 0.6 is 0 Å². The first-order valence-corrected chi connectivity index (χ1v) is 31.9. The number of nitrogens with one attached hydrogen (secondary N) is 5. The number of aldehydes is 1. The zero-order valence-electron chi connectivity index (χ0n) is 55.8. The van der Waals surface area contributed by atoms with Gasteiger partial charge in [-0.15, -0.1) is 0 Å². The Kier molecular flexibility index (Phi) is 28.9. The predicted octanol–water partition coefficient (Wildman–Crippen LogP) is 5.76. The quantitative estimate of drug-likeness (QED) is 0.0143. The first-order chi connectivity index (χ1) is 44.1. The summed E-state index contributed by atoms with van der Waals surface area (Å²) >= 11 is 0. The van der Waals surface area contributed by atoms with Crippen molar-refractivity contribution in [2.75, 3.05) is 47.9 Å². The summed E-state index contributed by atoms with van der Waals surface area (Å²) in [6, 6.07) is 22.7. The monoisotopic (exact) mass is 1300 g/mol. The molecule has 7 rings (SSSR count). The summed E-state index contributed by atoms with van der Waals surface area (Å²) < 4.78 is 36.6. The van der Waals surface area contributed by atoms with Gasteiger partial charge in [0.2, 0.25) is 6.10 Å². The number of ketones is 3. The van der Waals surface area contributed by atoms with Crippen molar-refractivity contribution >= 4 is 59.4 Å². The van der Waals surface area contributed by atoms with E-state index < -0.39 is 119 Å². The number of amides is 1. The van der Waals surface area contributed by atoms with Gasteiger partial charge < -0.3 is 70.0 Å². The molecule has 7 N–H and O–H groups in total. The van der Waals surface area contributed by atoms with Crippen molar-refractivity contribution in [3.05, 3.63) is 119 Å². The average molecular weight is 1300 g/mol. The number of carbonyl (C=O) groups is 10. The number of carbonyl (C=O) groups excluding carboxylic acids is 10. The molecule has 3 aromatic carbocycles. The molecule has 1 heterocycles. The number of ether oxygens (including phenoxy) is 6. The number of rotatable bonds is 29. The fraction of sp³-hybridized carbons (Fsp3) is 0.571. The number of likely N-dealkylation sites (N-methyl/N-ethyl adjacent to an activating group) is 2. The number of Topliss-reactive ketones (excluding diaryl/α,β-unsaturated/α-hetero) is 3. The first kappa shape index (κ1) is 76.3. The van der Waals surface area contributed by atoms with Crippen LogP contribution in [-0.4, -0.2) is 177 Å². The summed E-state index contributed by atoms with van der Waals surface area (Å²) in [5.74, 6) is -7.49. The Balaban J connectivity index is 0.000000549. The minimum atomic E-state index is -2.46. The molecule has 0 aromatic heterocycles. The normalized spacial score (nSPS) is 25.3. The Morgan fingerprint density at radius 3 is 1.72 bits per heavy atom. The lowest BCUT2D eigenvalue weighted by Gasteiger charge is -2.67. The number of aliphatic hydroxyl groups is 2. The molecule has 1 amide bonds. The maximum atomic E-state index is 15.7. The highest BCUT2D eigenvalue weighted by Crippen LogP contribution is 2.64. The van der Waals surface area contributed by atoms with E-state index >= 15 is 9.59 Å². The van der Waals surface area contributed by atoms with Crippen LogP contribution in [-0.2, 0) is 66.8 Å². The van der Waals surface area contributed by atoms with Gasteiger partial charge in [-0.2, -0.15) is 0 Å². The van der Waals surface area contributed by atoms with E-state index in [-0.39, 0.29) is 78.2 Å². The fourth-order valence-corrected chi connectivity index (χ4v) is 13.2. The Morgan fingerprint density at radius 2 is 1.25 bits per heavy atom. The Hall–Kier alpha value is -7.38. The lowest BCUT2D eigenvalue weighted by atomic mass is 9.44. The summed E-state index contributed by atoms with van der Waals surface area (Å²) in [5, 5.41) is 41.1. The van der Waals surface area contributed by atoms with Crippen molar-refractivity contribution in [2.24, 2.45) is 16.7 Å². The van der Waals surface area contributed by atoms with Gasteiger partial charge in [0.15, 0.2) is 17.5 Å². The number of hydrogen-bond acceptors (Lipinski definition) is 22. The Labute approximate surface area is 545 Å². The highest BCUT2D eigenvalue weighted by molar-refractivity contribution is 5.96. The van der Waals surface area contributed by atoms with Crippen LogP contribution in [0.15, 0.2) is 102 Å². The summed E-state index contributed by atoms with van der Waals surface area (Å²) in [7, 11) is 7.56. The summed E-state index contributed by atoms with van der Waals surface area (Å²) in [6.45, 7) is 13.2. The second kappa shape index (κ2) is 35.2. The third-order valence-corrected chi connectivity index (χ3v) is 18.4. The molecule has 13 atom stereocenters. The molecule has 1 aliphatic heterocycles. The topological polar surface area (TPSA) is 327 Å². The molecule has 0 radical (unpaired) electrons. The highest BCUT2D eigenvalue weighted by Gasteiger charge is 2.78. The summed E-state index contributed by atoms with van der Waals surface area (Å²) in [6.07, 6.45) is -3.96. The smallest absolute Gasteiger partial charge is 0.350 e. The van der Waals surface area contributed by atoms with Crippen LogP contribution in [0, 0.1) is 16.7 Å². The second-order valence-corrected chi connectivity index (χ2v) is 25.0. The largest absolute Gasteiger partial charge is 0.455 e. The van der Waals surface area contributed by atoms with Gasteiger partial charge in [0.1, 0.15) is 47.8 Å². The molecule has 4 aliphatic rings. The van der Waals surface area contributed by atoms with E-state index in [0.29, 0.717) is 11.8 Å². The molecular formula is C70H97N5O18. The van der Waals surface area contributed by atoms with Crippen LogP contribution in [0.3, 0.4) is 0 Å². The lowest BCUT2D eigenvalue weighted by Crippen LogP contribution is -2.82. The minimum absolute atomic E-state index is 0.0151. The Bertz CT molecular complexity index is 3040. The van der Waals surface area contributed by atoms with E-state index in [4.69, 9.17) is 28.4 Å². The molecule has 3 fully saturated rings. The molecule has 23 nitrogen and oxygen atoms in total. The van der Waals surface area contributed by atoms with Gasteiger partial charge in [0.05, 0.1) is 41.7 Å². The maximum absolute atomic E-state index is 15.7. The van der Waals surface area contributed by atoms with E-state index in [1.807, 2.05) is 28.2 Å². The van der Waals surface area contributed by atoms with Gasteiger partial charge in [-0.05, 0) is 142 Å². The number of esters is 5. The molecule has 2 bridgehead atoms. The summed E-state index contributed by atoms with van der Waals surface area (Å²) in [5.41, 5.74) is -7.46. The number of fused-ring (bicyclic) bond motifs is 5. The van der Waals surface area contributed by atoms with E-state index in [1.165, 1.54) is 26.0 Å². The minimum Gasteiger partial charge on any atom is -0.455 e. The van der Waals surface area contributed by atoms with E-state index in [9.17, 15) is 48.6 Å². The molecule has 0 spiro atoms. The standard InChI is InChI=1S/C52H57NO16.2C9H20N2O/c1-29-35(66-48(62)42(67-38(58)24-16-17-25-54)40(32-18-10-7-11-19-32)53-46(60)33-20-12-8-13-21-33)27-52(63)45(68-47(61)34-22-14-9-15-23-34)43-50(6,36(57)26-37-51(43,28-64-37)69-31(3)56)44(59)41(65-30(2)55)39(29)49(52,4)5;2*1-8(12)9(11-3)6-4-5-7-10-2/h7-15,18-23,25,35-37,40-43,45,57,63H,16-17,24,26-28H2,1-6H3,(H,53,60);2*9-11H,4-7H2,1-3H3/t35-,36-,37+,40-,41+,42+,43-,45-,50+,51-,52+;2*9-/m011/s1. The Morgan fingerprint density at radius 1 is 0.710 bits per heavy atom. The van der Waals surface area contributed by atoms with Crippen molar-refractivity contribution in [2.45, 2.75) is 192 Å². The van der Waals surface area contributed by atoms with Crippen LogP contribution in [0.5, 0.6) is 0 Å². The SMILES string of the molecule is CC(=O)O[C@H]1C(=O)[C@@]2(C)[C@H]([C@H](OC(=O)c3ccccc3)[C@]3(O)C[C@H](OC(=O)[C@H](OC(=O)CCCC=O)[C@@H](NC(=O)c4ccccc4)c4ccccc4)C(C)=C1C3(C)C)[C@]1(OC(C)=O)CO[C@@H]1C[C@@H]2O.CNCCCC[C@@H](NC)C(C)=O.CNCCCC[C@@H](NC)C(C)=O. The van der Waals surface area contributed by atoms with Gasteiger partial charge in [-0.25, -0.2) is 9.59 Å². The zero-order valence-corrected chi connectivity index (χ0v) is 55.8. The van der Waals surface area contributed by atoms with Crippen LogP contribution in [0.2, 0.25) is 0 Å². The number of unbranched alkanes of at least 4 members (excludes halogenated alkanes) is 3. The van der Waals surface area contributed by atoms with Crippen molar-refractivity contribution < 1.29 is 86.6 Å². The van der Waals surface area contributed by atoms with Gasteiger partial charge >= 0.3 is 29.8 Å². The molecule has 23 heteroatoms. The van der Waals surface area contributed by atoms with Gasteiger partial charge in [0.25, 0.3) is 5.91 Å². The summed E-state index contributed by atoms with van der Waals surface area (Å²) in [4.78, 5) is 132. The number of benzene rings is 3. The van der Waals surface area contributed by atoms with Gasteiger partial charge in [0, 0.05) is 50.5 Å². The molecule has 2 saturated carbocycles. The lowest BCUT2D eigenvalue weighted by molar-refractivity contribution is -0.346. The van der Waals surface area contributed by atoms with E-state index in [2.05, 4.69) is 26.6 Å². The average Bonchev–Trinajstić information content (AvgIpc) is 0.671. The van der Waals surface area contributed by atoms with Crippen molar-refractivity contribution in [3.8, 4) is 0 Å². The molecule has 510 valence electrons. The van der Waals surface area contributed by atoms with E-state index in [1.54, 1.807) is 107 Å². The van der Waals surface area contributed by atoms with Gasteiger partial charge in [-0.3, -0.25) is 33.6 Å². The van der Waals surface area contributed by atoms with Crippen LogP contribution in [0.25, 0.3) is 0 Å². The second-order valence-electron chi connectivity index (χ2n) is 25.0. The molecular weight excluding hydrogens is 1200 g/mol. The highest BCUT2D eigenvalue weighted by atomic mass is 16.6. The molecule has 3 aromatic rings. The molecule has 93 heavy (non-hydrogen) atoms. The van der Waals surface area contributed by atoms with Crippen molar-refractivity contribution in [3.63, 3.8) is 0 Å². The van der Waals surface area contributed by atoms with Crippen LogP contribution < -0.4 is 26.6 Å². The fourth-order valence-electron chi connectivity index (χ4n) is 13.2. The molecule has 1 saturated heterocycles. The maximum Gasteiger partial charge on any atom is 0.350 e. The predicted molar refractivity (Wildman–Crippen MR) is 344 cm³/mol. The zero-order chi connectivity index (χ0) is 68.8. The van der Waals surface area contributed by atoms with Gasteiger partial charge in [-0.1, -0.05) is 93.4 Å². The molecule has 3 aliphatic carbocycles.